The van der Waals surface area contributed by atoms with Gasteiger partial charge >= 0.3 is 0 Å². The number of nitrogens with zero attached hydrogens (tertiary/aromatic N) is 3. The molecular formula is C17H24N4O2S. The third-order valence-electron chi connectivity index (χ3n) is 3.38. The molecule has 0 saturated carbocycles. The number of hydrogen-bond donors (Lipinski definition) is 1. The van der Waals surface area contributed by atoms with E-state index in [1.807, 2.05) is 32.0 Å². The molecule has 0 aliphatic carbocycles. The number of benzene rings is 1. The van der Waals surface area contributed by atoms with Crippen molar-refractivity contribution in [3.05, 3.63) is 34.4 Å². The van der Waals surface area contributed by atoms with E-state index in [0.717, 1.165) is 42.1 Å². The van der Waals surface area contributed by atoms with Crippen LogP contribution in [0.1, 0.15) is 45.0 Å². The number of aromatic amines is 1. The van der Waals surface area contributed by atoms with Gasteiger partial charge in [-0.1, -0.05) is 13.3 Å². The largest absolute Gasteiger partial charge is 0.494 e. The predicted molar refractivity (Wildman–Crippen MR) is 97.8 cm³/mol. The van der Waals surface area contributed by atoms with Gasteiger partial charge in [0, 0.05) is 18.1 Å². The Hall–Kier alpha value is -2.15. The number of ether oxygens (including phenoxy) is 2. The molecule has 0 fully saturated rings. The molecule has 2 aromatic rings. The minimum atomic E-state index is 0.487. The van der Waals surface area contributed by atoms with Crippen LogP contribution in [0.2, 0.25) is 0 Å². The first-order valence-corrected chi connectivity index (χ1v) is 8.70. The molecule has 6 nitrogen and oxygen atoms in total. The molecule has 7 heteroatoms. The summed E-state index contributed by atoms with van der Waals surface area (Å²) in [6, 6.07) is 5.70. The fraction of sp³-hybridized carbons (Fsp3) is 0.471. The summed E-state index contributed by atoms with van der Waals surface area (Å²) in [5.41, 5.74) is 0.866. The fourth-order valence-electron chi connectivity index (χ4n) is 2.22. The van der Waals surface area contributed by atoms with E-state index in [1.165, 1.54) is 0 Å². The highest BCUT2D eigenvalue weighted by Crippen LogP contribution is 2.24. The highest BCUT2D eigenvalue weighted by Gasteiger charge is 2.07. The van der Waals surface area contributed by atoms with Crippen molar-refractivity contribution in [3.8, 4) is 11.5 Å². The van der Waals surface area contributed by atoms with Gasteiger partial charge in [-0.25, -0.2) is 0 Å². The number of aromatic nitrogens is 3. The van der Waals surface area contributed by atoms with Crippen LogP contribution < -0.4 is 9.47 Å². The highest BCUT2D eigenvalue weighted by molar-refractivity contribution is 7.71. The number of unbranched alkanes of at least 4 members (excludes halogenated alkanes) is 1. The molecule has 0 atom stereocenters. The van der Waals surface area contributed by atoms with Crippen LogP contribution in [0.15, 0.2) is 23.3 Å². The predicted octanol–water partition coefficient (Wildman–Crippen LogP) is 3.96. The van der Waals surface area contributed by atoms with Gasteiger partial charge in [0.25, 0.3) is 0 Å². The summed E-state index contributed by atoms with van der Waals surface area (Å²) >= 11 is 5.26. The Morgan fingerprint density at radius 3 is 2.75 bits per heavy atom. The molecule has 1 N–H and O–H groups in total. The van der Waals surface area contributed by atoms with Crippen molar-refractivity contribution in [1.29, 1.82) is 0 Å². The van der Waals surface area contributed by atoms with E-state index in [1.54, 1.807) is 10.9 Å². The molecular weight excluding hydrogens is 324 g/mol. The van der Waals surface area contributed by atoms with Crippen LogP contribution in [0.5, 0.6) is 11.5 Å². The quantitative estimate of drug-likeness (QED) is 0.550. The number of rotatable bonds is 9. The van der Waals surface area contributed by atoms with Gasteiger partial charge in [0.1, 0.15) is 11.5 Å². The Morgan fingerprint density at radius 2 is 2.04 bits per heavy atom. The number of nitrogens with one attached hydrogen (secondary N) is 1. The van der Waals surface area contributed by atoms with Crippen molar-refractivity contribution in [2.24, 2.45) is 5.10 Å². The lowest BCUT2D eigenvalue weighted by Crippen LogP contribution is -2.01. The van der Waals surface area contributed by atoms with Gasteiger partial charge < -0.3 is 9.47 Å². The lowest BCUT2D eigenvalue weighted by Gasteiger charge is -2.10. The second kappa shape index (κ2) is 9.22. The standard InChI is InChI=1S/C17H24N4O2S/c1-4-7-8-16-19-20-17(24)21(16)18-12-13-9-10-14(22-5-2)11-15(13)23-6-3/h9-12H,4-8H2,1-3H3,(H,20,24)/b18-12-. The van der Waals surface area contributed by atoms with E-state index in [2.05, 4.69) is 22.2 Å². The second-order valence-electron chi connectivity index (χ2n) is 5.17. The zero-order valence-corrected chi connectivity index (χ0v) is 15.2. The SMILES string of the molecule is CCCCc1n[nH]c(=S)n1/N=C\c1ccc(OCC)cc1OCC. The van der Waals surface area contributed by atoms with Crippen LogP contribution in [0, 0.1) is 4.77 Å². The molecule has 130 valence electrons. The molecule has 0 amide bonds. The van der Waals surface area contributed by atoms with E-state index >= 15 is 0 Å². The summed E-state index contributed by atoms with van der Waals surface area (Å²) in [5.74, 6) is 2.35. The first-order valence-electron chi connectivity index (χ1n) is 8.29. The zero-order valence-electron chi connectivity index (χ0n) is 14.4. The third kappa shape index (κ3) is 4.67. The minimum absolute atomic E-state index is 0.487. The van der Waals surface area contributed by atoms with Crippen molar-refractivity contribution in [3.63, 3.8) is 0 Å². The van der Waals surface area contributed by atoms with Gasteiger partial charge in [0.05, 0.1) is 19.4 Å². The van der Waals surface area contributed by atoms with Crippen LogP contribution in [0.3, 0.4) is 0 Å². The highest BCUT2D eigenvalue weighted by atomic mass is 32.1. The molecule has 1 heterocycles. The Morgan fingerprint density at radius 1 is 1.25 bits per heavy atom. The van der Waals surface area contributed by atoms with E-state index in [-0.39, 0.29) is 0 Å². The van der Waals surface area contributed by atoms with Crippen molar-refractivity contribution < 1.29 is 9.47 Å². The maximum Gasteiger partial charge on any atom is 0.216 e. The molecule has 0 bridgehead atoms. The number of hydrogen-bond acceptors (Lipinski definition) is 5. The lowest BCUT2D eigenvalue weighted by molar-refractivity contribution is 0.323. The van der Waals surface area contributed by atoms with Gasteiger partial charge in [0.15, 0.2) is 5.82 Å². The minimum Gasteiger partial charge on any atom is -0.494 e. The van der Waals surface area contributed by atoms with Crippen LogP contribution in [0.25, 0.3) is 0 Å². The van der Waals surface area contributed by atoms with Crippen molar-refractivity contribution in [1.82, 2.24) is 14.9 Å². The molecule has 0 unspecified atom stereocenters. The van der Waals surface area contributed by atoms with Crippen molar-refractivity contribution >= 4 is 18.4 Å². The summed E-state index contributed by atoms with van der Waals surface area (Å²) in [6.45, 7) is 7.23. The topological polar surface area (TPSA) is 64.4 Å². The first kappa shape index (κ1) is 18.2. The van der Waals surface area contributed by atoms with Crippen LogP contribution in [-0.2, 0) is 6.42 Å². The Kier molecular flexibility index (Phi) is 6.99. The molecule has 0 aliphatic rings. The summed E-state index contributed by atoms with van der Waals surface area (Å²) in [4.78, 5) is 0. The van der Waals surface area contributed by atoms with Gasteiger partial charge in [-0.15, -0.1) is 0 Å². The molecule has 1 aromatic carbocycles. The molecule has 1 aromatic heterocycles. The van der Waals surface area contributed by atoms with Gasteiger partial charge in [-0.05, 0) is 44.6 Å². The monoisotopic (exact) mass is 348 g/mol. The lowest BCUT2D eigenvalue weighted by atomic mass is 10.2. The molecule has 0 radical (unpaired) electrons. The second-order valence-corrected chi connectivity index (χ2v) is 5.56. The zero-order chi connectivity index (χ0) is 17.4. The van der Waals surface area contributed by atoms with Gasteiger partial charge in [-0.3, -0.25) is 5.10 Å². The normalized spacial score (nSPS) is 11.1. The van der Waals surface area contributed by atoms with Crippen molar-refractivity contribution in [2.75, 3.05) is 13.2 Å². The van der Waals surface area contributed by atoms with E-state index < -0.39 is 0 Å². The Bertz CT molecular complexity index is 736. The molecule has 2 rings (SSSR count). The van der Waals surface area contributed by atoms with Crippen LogP contribution in [-0.4, -0.2) is 34.3 Å². The Labute approximate surface area is 147 Å². The maximum absolute atomic E-state index is 5.69. The molecule has 0 aliphatic heterocycles. The molecule has 24 heavy (non-hydrogen) atoms. The summed E-state index contributed by atoms with van der Waals surface area (Å²) < 4.78 is 13.4. The fourth-order valence-corrected chi connectivity index (χ4v) is 2.42. The maximum atomic E-state index is 5.69. The van der Waals surface area contributed by atoms with Crippen LogP contribution in [0.4, 0.5) is 0 Å². The Balaban J connectivity index is 2.28. The van der Waals surface area contributed by atoms with Crippen molar-refractivity contribution in [2.45, 2.75) is 40.0 Å². The average molecular weight is 348 g/mol. The number of aryl methyl sites for hydroxylation is 1. The first-order chi connectivity index (χ1) is 11.7. The average Bonchev–Trinajstić information content (AvgIpc) is 2.93. The summed E-state index contributed by atoms with van der Waals surface area (Å²) in [7, 11) is 0. The van der Waals surface area contributed by atoms with E-state index in [0.29, 0.717) is 18.0 Å². The smallest absolute Gasteiger partial charge is 0.216 e. The summed E-state index contributed by atoms with van der Waals surface area (Å²) in [6.07, 6.45) is 4.71. The van der Waals surface area contributed by atoms with Crippen LogP contribution >= 0.6 is 12.2 Å². The van der Waals surface area contributed by atoms with E-state index in [9.17, 15) is 0 Å². The number of H-pyrrole nitrogens is 1. The summed E-state index contributed by atoms with van der Waals surface area (Å²) in [5, 5.41) is 11.5. The van der Waals surface area contributed by atoms with Gasteiger partial charge in [0.2, 0.25) is 4.77 Å². The third-order valence-corrected chi connectivity index (χ3v) is 3.64. The molecule has 0 saturated heterocycles. The van der Waals surface area contributed by atoms with E-state index in [4.69, 9.17) is 21.7 Å². The van der Waals surface area contributed by atoms with Gasteiger partial charge in [-0.2, -0.15) is 14.9 Å². The molecule has 0 spiro atoms.